The summed E-state index contributed by atoms with van der Waals surface area (Å²) >= 11 is 0. The first-order valence-electron chi connectivity index (χ1n) is 8.57. The first-order chi connectivity index (χ1) is 9.77. The molecule has 3 N–H and O–H groups in total. The topological polar surface area (TPSA) is 58.4 Å². The highest BCUT2D eigenvalue weighted by Crippen LogP contribution is 2.37. The van der Waals surface area contributed by atoms with E-state index in [0.29, 0.717) is 5.41 Å². The summed E-state index contributed by atoms with van der Waals surface area (Å²) in [6, 6.07) is 0.266. The molecule has 1 aliphatic heterocycles. The van der Waals surface area contributed by atoms with E-state index < -0.39 is 5.54 Å². The number of hydrogen-bond donors (Lipinski definition) is 2. The van der Waals surface area contributed by atoms with Crippen LogP contribution in [0.2, 0.25) is 0 Å². The fourth-order valence-corrected chi connectivity index (χ4v) is 3.61. The summed E-state index contributed by atoms with van der Waals surface area (Å²) in [7, 11) is 0. The van der Waals surface area contributed by atoms with Gasteiger partial charge >= 0.3 is 0 Å². The van der Waals surface area contributed by atoms with E-state index in [1.807, 2.05) is 6.92 Å². The Morgan fingerprint density at radius 3 is 2.43 bits per heavy atom. The molecule has 1 rings (SSSR count). The van der Waals surface area contributed by atoms with Crippen LogP contribution in [0, 0.1) is 5.41 Å². The summed E-state index contributed by atoms with van der Waals surface area (Å²) < 4.78 is 0. The minimum atomic E-state index is -0.583. The van der Waals surface area contributed by atoms with E-state index in [1.165, 1.54) is 32.4 Å². The molecule has 4 nitrogen and oxygen atoms in total. The maximum Gasteiger partial charge on any atom is 0.237 e. The fraction of sp³-hybridized carbons (Fsp3) is 0.941. The number of carbonyl (C=O) groups is 1. The molecule has 0 bridgehead atoms. The van der Waals surface area contributed by atoms with Crippen LogP contribution >= 0.6 is 0 Å². The van der Waals surface area contributed by atoms with Crippen LogP contribution in [0.5, 0.6) is 0 Å². The van der Waals surface area contributed by atoms with Crippen molar-refractivity contribution in [1.29, 1.82) is 0 Å². The van der Waals surface area contributed by atoms with Crippen LogP contribution in [0.4, 0.5) is 0 Å². The zero-order valence-electron chi connectivity index (χ0n) is 14.7. The number of hydrogen-bond acceptors (Lipinski definition) is 3. The molecular formula is C17H35N3O. The molecule has 1 saturated heterocycles. The molecule has 21 heavy (non-hydrogen) atoms. The van der Waals surface area contributed by atoms with Crippen molar-refractivity contribution < 1.29 is 4.79 Å². The van der Waals surface area contributed by atoms with Gasteiger partial charge in [-0.05, 0) is 71.4 Å². The average Bonchev–Trinajstić information content (AvgIpc) is 2.82. The molecule has 0 aliphatic carbocycles. The molecule has 0 radical (unpaired) electrons. The Labute approximate surface area is 130 Å². The Kier molecular flexibility index (Phi) is 6.67. The molecule has 0 aromatic rings. The highest BCUT2D eigenvalue weighted by molar-refractivity contribution is 5.84. The number of nitrogens with one attached hydrogen (secondary N) is 1. The van der Waals surface area contributed by atoms with Gasteiger partial charge in [-0.3, -0.25) is 4.79 Å². The largest absolute Gasteiger partial charge is 0.368 e. The van der Waals surface area contributed by atoms with Crippen LogP contribution in [0.3, 0.4) is 0 Å². The van der Waals surface area contributed by atoms with E-state index in [0.717, 1.165) is 19.4 Å². The molecule has 1 fully saturated rings. The van der Waals surface area contributed by atoms with Crippen molar-refractivity contribution in [3.8, 4) is 0 Å². The highest BCUT2D eigenvalue weighted by atomic mass is 16.1. The van der Waals surface area contributed by atoms with Crippen molar-refractivity contribution in [3.63, 3.8) is 0 Å². The van der Waals surface area contributed by atoms with Crippen LogP contribution in [-0.4, -0.2) is 42.0 Å². The number of nitrogens with zero attached hydrogens (tertiary/aromatic N) is 1. The van der Waals surface area contributed by atoms with E-state index in [2.05, 4.69) is 37.9 Å². The molecule has 0 aromatic carbocycles. The summed E-state index contributed by atoms with van der Waals surface area (Å²) in [5.74, 6) is -0.242. The zero-order valence-corrected chi connectivity index (χ0v) is 14.7. The van der Waals surface area contributed by atoms with Gasteiger partial charge in [-0.2, -0.15) is 0 Å². The average molecular weight is 297 g/mol. The van der Waals surface area contributed by atoms with E-state index in [4.69, 9.17) is 5.73 Å². The second-order valence-electron chi connectivity index (χ2n) is 7.33. The van der Waals surface area contributed by atoms with E-state index in [9.17, 15) is 4.79 Å². The Bertz CT molecular complexity index is 339. The Balaban J connectivity index is 2.44. The van der Waals surface area contributed by atoms with Crippen LogP contribution in [0.1, 0.15) is 66.7 Å². The molecule has 4 heteroatoms. The van der Waals surface area contributed by atoms with Crippen LogP contribution in [0.25, 0.3) is 0 Å². The van der Waals surface area contributed by atoms with Gasteiger partial charge in [0.1, 0.15) is 0 Å². The number of primary amides is 1. The molecule has 1 unspecified atom stereocenters. The molecule has 1 amide bonds. The summed E-state index contributed by atoms with van der Waals surface area (Å²) in [5.41, 5.74) is 5.53. The van der Waals surface area contributed by atoms with Gasteiger partial charge in [0.15, 0.2) is 0 Å². The molecule has 0 saturated carbocycles. The van der Waals surface area contributed by atoms with E-state index in [1.54, 1.807) is 0 Å². The fourth-order valence-electron chi connectivity index (χ4n) is 3.61. The van der Waals surface area contributed by atoms with Crippen molar-refractivity contribution >= 4 is 5.91 Å². The summed E-state index contributed by atoms with van der Waals surface area (Å²) in [6.07, 6.45) is 5.68. The predicted molar refractivity (Wildman–Crippen MR) is 89.2 cm³/mol. The third-order valence-corrected chi connectivity index (χ3v) is 5.32. The lowest BCUT2D eigenvalue weighted by Gasteiger charge is -2.31. The summed E-state index contributed by atoms with van der Waals surface area (Å²) in [5, 5.41) is 3.33. The van der Waals surface area contributed by atoms with Crippen LogP contribution < -0.4 is 11.1 Å². The van der Waals surface area contributed by atoms with Crippen molar-refractivity contribution in [2.45, 2.75) is 78.3 Å². The SMILES string of the molecule is CCC1(CC)CCN(CCCC(C)(NC(C)C)C(N)=O)C1. The second kappa shape index (κ2) is 7.59. The van der Waals surface area contributed by atoms with Crippen molar-refractivity contribution in [2.24, 2.45) is 11.1 Å². The maximum absolute atomic E-state index is 11.7. The Morgan fingerprint density at radius 2 is 2.00 bits per heavy atom. The van der Waals surface area contributed by atoms with Crippen LogP contribution in [0.15, 0.2) is 0 Å². The van der Waals surface area contributed by atoms with E-state index >= 15 is 0 Å². The first-order valence-corrected chi connectivity index (χ1v) is 8.57. The standard InChI is InChI=1S/C17H35N3O/c1-6-17(7-2)10-12-20(13-17)11-8-9-16(5,15(18)21)19-14(3)4/h14,19H,6-13H2,1-5H3,(H2,18,21). The number of amides is 1. The quantitative estimate of drug-likeness (QED) is 0.687. The zero-order chi connectivity index (χ0) is 16.1. The number of rotatable bonds is 9. The predicted octanol–water partition coefficient (Wildman–Crippen LogP) is 2.52. The molecule has 1 aliphatic rings. The molecule has 1 heterocycles. The van der Waals surface area contributed by atoms with Gasteiger partial charge in [0.2, 0.25) is 5.91 Å². The van der Waals surface area contributed by atoms with E-state index in [-0.39, 0.29) is 11.9 Å². The second-order valence-corrected chi connectivity index (χ2v) is 7.33. The molecule has 1 atom stereocenters. The third-order valence-electron chi connectivity index (χ3n) is 5.32. The van der Waals surface area contributed by atoms with Gasteiger partial charge in [0.05, 0.1) is 5.54 Å². The lowest BCUT2D eigenvalue weighted by atomic mass is 9.82. The van der Waals surface area contributed by atoms with Crippen molar-refractivity contribution in [3.05, 3.63) is 0 Å². The smallest absolute Gasteiger partial charge is 0.237 e. The lowest BCUT2D eigenvalue weighted by Crippen LogP contribution is -2.55. The van der Waals surface area contributed by atoms with Crippen molar-refractivity contribution in [1.82, 2.24) is 10.2 Å². The van der Waals surface area contributed by atoms with Gasteiger partial charge < -0.3 is 16.0 Å². The first kappa shape index (κ1) is 18.4. The normalized spacial score (nSPS) is 21.6. The maximum atomic E-state index is 11.7. The van der Waals surface area contributed by atoms with Crippen LogP contribution in [-0.2, 0) is 4.79 Å². The molecule has 0 spiro atoms. The number of carbonyl (C=O) groups excluding carboxylic acids is 1. The highest BCUT2D eigenvalue weighted by Gasteiger charge is 2.35. The minimum absolute atomic E-state index is 0.242. The van der Waals surface area contributed by atoms with Crippen molar-refractivity contribution in [2.75, 3.05) is 19.6 Å². The monoisotopic (exact) mass is 297 g/mol. The Morgan fingerprint density at radius 1 is 1.38 bits per heavy atom. The van der Waals surface area contributed by atoms with Gasteiger partial charge in [-0.1, -0.05) is 13.8 Å². The summed E-state index contributed by atoms with van der Waals surface area (Å²) in [6.45, 7) is 14.1. The third kappa shape index (κ3) is 4.96. The van der Waals surface area contributed by atoms with Gasteiger partial charge in [-0.25, -0.2) is 0 Å². The number of likely N-dealkylation sites (tertiary alicyclic amines) is 1. The molecule has 0 aromatic heterocycles. The molecular weight excluding hydrogens is 262 g/mol. The van der Waals surface area contributed by atoms with Gasteiger partial charge in [0, 0.05) is 12.6 Å². The number of nitrogens with two attached hydrogens (primary N) is 1. The van der Waals surface area contributed by atoms with Gasteiger partial charge in [-0.15, -0.1) is 0 Å². The van der Waals surface area contributed by atoms with Gasteiger partial charge in [0.25, 0.3) is 0 Å². The Hall–Kier alpha value is -0.610. The molecule has 124 valence electrons. The minimum Gasteiger partial charge on any atom is -0.368 e. The lowest BCUT2D eigenvalue weighted by molar-refractivity contribution is -0.124. The summed E-state index contributed by atoms with van der Waals surface area (Å²) in [4.78, 5) is 14.3.